The van der Waals surface area contributed by atoms with Crippen LogP contribution < -0.4 is 0 Å². The van der Waals surface area contributed by atoms with Crippen LogP contribution >= 0.6 is 0 Å². The second-order valence-corrected chi connectivity index (χ2v) is 5.86. The molecule has 22 heavy (non-hydrogen) atoms. The van der Waals surface area contributed by atoms with E-state index in [0.29, 0.717) is 32.4 Å². The van der Waals surface area contributed by atoms with Crippen LogP contribution in [0.3, 0.4) is 0 Å². The first-order chi connectivity index (χ1) is 10.6. The Morgan fingerprint density at radius 1 is 1.23 bits per heavy atom. The van der Waals surface area contributed by atoms with Crippen LogP contribution in [0.1, 0.15) is 38.2 Å². The summed E-state index contributed by atoms with van der Waals surface area (Å²) in [6.45, 7) is 3.13. The predicted molar refractivity (Wildman–Crippen MR) is 82.4 cm³/mol. The monoisotopic (exact) mass is 305 g/mol. The molecule has 5 heteroatoms. The number of piperidine rings is 1. The Labute approximate surface area is 130 Å². The van der Waals surface area contributed by atoms with E-state index in [0.717, 1.165) is 12.0 Å². The van der Waals surface area contributed by atoms with Crippen molar-refractivity contribution in [3.05, 3.63) is 35.9 Å². The number of amides is 1. The molecule has 5 nitrogen and oxygen atoms in total. The van der Waals surface area contributed by atoms with Crippen LogP contribution in [0, 0.1) is 5.41 Å². The molecule has 0 saturated carbocycles. The number of carbonyl (C=O) groups excluding carboxylic acids is 1. The summed E-state index contributed by atoms with van der Waals surface area (Å²) in [6.07, 6.45) is 2.13. The third-order valence-electron chi connectivity index (χ3n) is 4.37. The van der Waals surface area contributed by atoms with Gasteiger partial charge in [-0.05, 0) is 24.8 Å². The first-order valence-corrected chi connectivity index (χ1v) is 7.76. The minimum absolute atomic E-state index is 0.245. The summed E-state index contributed by atoms with van der Waals surface area (Å²) in [5, 5.41) is 9.46. The van der Waals surface area contributed by atoms with E-state index in [4.69, 9.17) is 4.74 Å². The molecule has 1 fully saturated rings. The predicted octanol–water partition coefficient (Wildman–Crippen LogP) is 3.29. The topological polar surface area (TPSA) is 66.8 Å². The van der Waals surface area contributed by atoms with Crippen molar-refractivity contribution in [2.45, 2.75) is 39.2 Å². The molecule has 0 spiro atoms. The van der Waals surface area contributed by atoms with E-state index in [-0.39, 0.29) is 12.7 Å². The van der Waals surface area contributed by atoms with Crippen LogP contribution in [0.15, 0.2) is 30.3 Å². The number of aliphatic carboxylic acids is 1. The van der Waals surface area contributed by atoms with Gasteiger partial charge in [0.2, 0.25) is 0 Å². The van der Waals surface area contributed by atoms with Crippen LogP contribution in [0.2, 0.25) is 0 Å². The first kappa shape index (κ1) is 16.3. The maximum atomic E-state index is 12.1. The van der Waals surface area contributed by atoms with Gasteiger partial charge in [0.15, 0.2) is 0 Å². The number of carboxylic acids is 1. The highest BCUT2D eigenvalue weighted by molar-refractivity contribution is 5.75. The van der Waals surface area contributed by atoms with Gasteiger partial charge in [0, 0.05) is 13.1 Å². The molecule has 0 unspecified atom stereocenters. The molecule has 120 valence electrons. The number of hydrogen-bond donors (Lipinski definition) is 1. The summed E-state index contributed by atoms with van der Waals surface area (Å²) in [6, 6.07) is 9.52. The first-order valence-electron chi connectivity index (χ1n) is 7.76. The van der Waals surface area contributed by atoms with Crippen molar-refractivity contribution in [2.24, 2.45) is 5.41 Å². The number of carbonyl (C=O) groups is 2. The van der Waals surface area contributed by atoms with E-state index in [2.05, 4.69) is 0 Å². The molecule has 1 amide bonds. The van der Waals surface area contributed by atoms with Gasteiger partial charge >= 0.3 is 12.1 Å². The fourth-order valence-electron chi connectivity index (χ4n) is 2.98. The SMILES string of the molecule is CCCC1(C(=O)O)CCN(C(=O)OCc2ccccc2)CC1. The minimum atomic E-state index is -0.744. The Balaban J connectivity index is 1.85. The van der Waals surface area contributed by atoms with Crippen LogP contribution in [-0.2, 0) is 16.1 Å². The summed E-state index contributed by atoms with van der Waals surface area (Å²) >= 11 is 0. The second kappa shape index (κ2) is 7.29. The lowest BCUT2D eigenvalue weighted by Crippen LogP contribution is -2.46. The van der Waals surface area contributed by atoms with Gasteiger partial charge in [0.05, 0.1) is 5.41 Å². The number of rotatable bonds is 5. The Bertz CT molecular complexity index is 507. The van der Waals surface area contributed by atoms with Gasteiger partial charge in [0.25, 0.3) is 0 Å². The van der Waals surface area contributed by atoms with Gasteiger partial charge in [0.1, 0.15) is 6.61 Å². The van der Waals surface area contributed by atoms with E-state index in [9.17, 15) is 14.7 Å². The molecular weight excluding hydrogens is 282 g/mol. The smallest absolute Gasteiger partial charge is 0.410 e. The van der Waals surface area contributed by atoms with Crippen molar-refractivity contribution in [1.82, 2.24) is 4.90 Å². The maximum Gasteiger partial charge on any atom is 0.410 e. The molecule has 0 aliphatic carbocycles. The number of likely N-dealkylation sites (tertiary alicyclic amines) is 1. The fraction of sp³-hybridized carbons (Fsp3) is 0.529. The molecule has 1 aliphatic heterocycles. The van der Waals surface area contributed by atoms with Gasteiger partial charge in [-0.2, -0.15) is 0 Å². The van der Waals surface area contributed by atoms with Crippen molar-refractivity contribution < 1.29 is 19.4 Å². The Morgan fingerprint density at radius 3 is 2.41 bits per heavy atom. The van der Waals surface area contributed by atoms with E-state index >= 15 is 0 Å². The summed E-state index contributed by atoms with van der Waals surface area (Å²) in [5.74, 6) is -0.744. The van der Waals surface area contributed by atoms with Crippen LogP contribution in [-0.4, -0.2) is 35.2 Å². The lowest BCUT2D eigenvalue weighted by molar-refractivity contribution is -0.152. The number of ether oxygens (including phenoxy) is 1. The molecule has 0 aromatic heterocycles. The van der Waals surface area contributed by atoms with Gasteiger partial charge < -0.3 is 14.7 Å². The zero-order valence-corrected chi connectivity index (χ0v) is 13.0. The largest absolute Gasteiger partial charge is 0.481 e. The molecule has 1 saturated heterocycles. The summed E-state index contributed by atoms with van der Waals surface area (Å²) in [4.78, 5) is 25.2. The quantitative estimate of drug-likeness (QED) is 0.906. The van der Waals surface area contributed by atoms with Crippen molar-refractivity contribution in [3.63, 3.8) is 0 Å². The Morgan fingerprint density at radius 2 is 1.86 bits per heavy atom. The molecule has 2 rings (SSSR count). The van der Waals surface area contributed by atoms with Crippen molar-refractivity contribution >= 4 is 12.1 Å². The fourth-order valence-corrected chi connectivity index (χ4v) is 2.98. The molecule has 1 aromatic carbocycles. The van der Waals surface area contributed by atoms with E-state index < -0.39 is 11.4 Å². The molecule has 1 aromatic rings. The van der Waals surface area contributed by atoms with E-state index in [1.54, 1.807) is 4.90 Å². The summed E-state index contributed by atoms with van der Waals surface area (Å²) in [7, 11) is 0. The highest BCUT2D eigenvalue weighted by Crippen LogP contribution is 2.36. The van der Waals surface area contributed by atoms with Crippen molar-refractivity contribution in [1.29, 1.82) is 0 Å². The number of carboxylic acid groups (broad SMARTS) is 1. The molecule has 1 heterocycles. The van der Waals surface area contributed by atoms with Gasteiger partial charge in [-0.1, -0.05) is 43.7 Å². The zero-order chi connectivity index (χ0) is 16.0. The number of hydrogen-bond acceptors (Lipinski definition) is 3. The molecule has 0 bridgehead atoms. The average Bonchev–Trinajstić information content (AvgIpc) is 2.54. The van der Waals surface area contributed by atoms with Crippen molar-refractivity contribution in [3.8, 4) is 0 Å². The van der Waals surface area contributed by atoms with E-state index in [1.807, 2.05) is 37.3 Å². The minimum Gasteiger partial charge on any atom is -0.481 e. The molecule has 1 N–H and O–H groups in total. The lowest BCUT2D eigenvalue weighted by atomic mass is 9.75. The summed E-state index contributed by atoms with van der Waals surface area (Å²) in [5.41, 5.74) is 0.268. The van der Waals surface area contributed by atoms with Gasteiger partial charge in [-0.15, -0.1) is 0 Å². The Hall–Kier alpha value is -2.04. The lowest BCUT2D eigenvalue weighted by Gasteiger charge is -2.38. The van der Waals surface area contributed by atoms with Crippen molar-refractivity contribution in [2.75, 3.05) is 13.1 Å². The zero-order valence-electron chi connectivity index (χ0n) is 13.0. The second-order valence-electron chi connectivity index (χ2n) is 5.86. The average molecular weight is 305 g/mol. The van der Waals surface area contributed by atoms with Crippen LogP contribution in [0.4, 0.5) is 4.79 Å². The third-order valence-corrected chi connectivity index (χ3v) is 4.37. The van der Waals surface area contributed by atoms with Crippen LogP contribution in [0.5, 0.6) is 0 Å². The van der Waals surface area contributed by atoms with E-state index in [1.165, 1.54) is 0 Å². The molecule has 0 radical (unpaired) electrons. The Kier molecular flexibility index (Phi) is 5.41. The van der Waals surface area contributed by atoms with Gasteiger partial charge in [-0.25, -0.2) is 4.79 Å². The molecular formula is C17H23NO4. The highest BCUT2D eigenvalue weighted by atomic mass is 16.6. The summed E-state index contributed by atoms with van der Waals surface area (Å²) < 4.78 is 5.30. The van der Waals surface area contributed by atoms with Gasteiger partial charge in [-0.3, -0.25) is 4.79 Å². The third kappa shape index (κ3) is 3.78. The maximum absolute atomic E-state index is 12.1. The highest BCUT2D eigenvalue weighted by Gasteiger charge is 2.41. The molecule has 1 aliphatic rings. The van der Waals surface area contributed by atoms with Crippen LogP contribution in [0.25, 0.3) is 0 Å². The number of benzene rings is 1. The number of nitrogens with zero attached hydrogens (tertiary/aromatic N) is 1. The normalized spacial score (nSPS) is 17.0. The standard InChI is InChI=1S/C17H23NO4/c1-2-8-17(15(19)20)9-11-18(12-10-17)16(21)22-13-14-6-4-3-5-7-14/h3-7H,2,8-13H2,1H3,(H,19,20). The molecule has 0 atom stereocenters.